The molecular formula is C11H21NO2. The lowest BCUT2D eigenvalue weighted by atomic mass is 9.76. The fourth-order valence-electron chi connectivity index (χ4n) is 2.30. The van der Waals surface area contributed by atoms with E-state index in [1.807, 2.05) is 11.9 Å². The quantitative estimate of drug-likeness (QED) is 0.690. The van der Waals surface area contributed by atoms with Crippen molar-refractivity contribution in [1.82, 2.24) is 4.90 Å². The molecule has 3 heteroatoms. The number of likely N-dealkylation sites (tertiary alicyclic amines) is 1. The number of hydrogen-bond donors (Lipinski definition) is 0. The number of ether oxygens (including phenoxy) is 1. The van der Waals surface area contributed by atoms with Crippen LogP contribution in [-0.4, -0.2) is 37.6 Å². The SMILES string of the molecule is COCCC1(C)C(=O)N(C)C(C)C1C. The number of carbonyl (C=O) groups is 1. The van der Waals surface area contributed by atoms with E-state index < -0.39 is 0 Å². The van der Waals surface area contributed by atoms with Crippen molar-refractivity contribution in [2.75, 3.05) is 20.8 Å². The van der Waals surface area contributed by atoms with Crippen LogP contribution in [0, 0.1) is 11.3 Å². The van der Waals surface area contributed by atoms with Crippen LogP contribution >= 0.6 is 0 Å². The molecule has 0 N–H and O–H groups in total. The van der Waals surface area contributed by atoms with E-state index in [9.17, 15) is 4.79 Å². The molecule has 0 aromatic carbocycles. The lowest BCUT2D eigenvalue weighted by Gasteiger charge is -2.26. The van der Waals surface area contributed by atoms with Crippen molar-refractivity contribution in [3.05, 3.63) is 0 Å². The molecule has 0 aromatic rings. The van der Waals surface area contributed by atoms with E-state index in [-0.39, 0.29) is 11.3 Å². The number of carbonyl (C=O) groups excluding carboxylic acids is 1. The molecule has 0 saturated carbocycles. The van der Waals surface area contributed by atoms with Gasteiger partial charge in [0.2, 0.25) is 5.91 Å². The minimum absolute atomic E-state index is 0.232. The number of hydrogen-bond acceptors (Lipinski definition) is 2. The van der Waals surface area contributed by atoms with Gasteiger partial charge in [-0.15, -0.1) is 0 Å². The molecule has 0 spiro atoms. The highest BCUT2D eigenvalue weighted by Gasteiger charge is 2.50. The first kappa shape index (κ1) is 11.5. The van der Waals surface area contributed by atoms with E-state index in [1.165, 1.54) is 0 Å². The zero-order chi connectivity index (χ0) is 10.9. The number of amides is 1. The highest BCUT2D eigenvalue weighted by atomic mass is 16.5. The average molecular weight is 199 g/mol. The van der Waals surface area contributed by atoms with Gasteiger partial charge in [-0.25, -0.2) is 0 Å². The fraction of sp³-hybridized carbons (Fsp3) is 0.909. The molecule has 3 atom stereocenters. The van der Waals surface area contributed by atoms with Crippen LogP contribution in [-0.2, 0) is 9.53 Å². The third-order valence-corrected chi connectivity index (χ3v) is 3.97. The second-order valence-corrected chi connectivity index (χ2v) is 4.61. The Balaban J connectivity index is 2.81. The van der Waals surface area contributed by atoms with Crippen molar-refractivity contribution < 1.29 is 9.53 Å². The summed E-state index contributed by atoms with van der Waals surface area (Å²) in [5.74, 6) is 0.657. The maximum Gasteiger partial charge on any atom is 0.228 e. The van der Waals surface area contributed by atoms with Crippen molar-refractivity contribution in [2.24, 2.45) is 11.3 Å². The van der Waals surface area contributed by atoms with Crippen LogP contribution in [0.5, 0.6) is 0 Å². The Morgan fingerprint density at radius 2 is 2.07 bits per heavy atom. The summed E-state index contributed by atoms with van der Waals surface area (Å²) in [6.07, 6.45) is 0.818. The second-order valence-electron chi connectivity index (χ2n) is 4.61. The minimum Gasteiger partial charge on any atom is -0.385 e. The maximum atomic E-state index is 12.0. The number of rotatable bonds is 3. The van der Waals surface area contributed by atoms with Crippen molar-refractivity contribution in [2.45, 2.75) is 33.2 Å². The first-order valence-electron chi connectivity index (χ1n) is 5.21. The number of methoxy groups -OCH3 is 1. The van der Waals surface area contributed by atoms with E-state index in [2.05, 4.69) is 20.8 Å². The molecule has 1 saturated heterocycles. The zero-order valence-electron chi connectivity index (χ0n) is 9.83. The molecule has 1 amide bonds. The fourth-order valence-corrected chi connectivity index (χ4v) is 2.30. The first-order valence-corrected chi connectivity index (χ1v) is 5.21. The molecule has 0 aliphatic carbocycles. The molecule has 14 heavy (non-hydrogen) atoms. The van der Waals surface area contributed by atoms with Gasteiger partial charge in [-0.3, -0.25) is 4.79 Å². The first-order chi connectivity index (χ1) is 6.45. The lowest BCUT2D eigenvalue weighted by Crippen LogP contribution is -2.33. The highest BCUT2D eigenvalue weighted by molar-refractivity contribution is 5.85. The van der Waals surface area contributed by atoms with E-state index >= 15 is 0 Å². The van der Waals surface area contributed by atoms with Gasteiger partial charge in [-0.05, 0) is 19.3 Å². The smallest absolute Gasteiger partial charge is 0.228 e. The molecule has 1 aliphatic rings. The van der Waals surface area contributed by atoms with E-state index in [0.717, 1.165) is 6.42 Å². The topological polar surface area (TPSA) is 29.5 Å². The zero-order valence-corrected chi connectivity index (χ0v) is 9.83. The largest absolute Gasteiger partial charge is 0.385 e. The van der Waals surface area contributed by atoms with Crippen LogP contribution < -0.4 is 0 Å². The Morgan fingerprint density at radius 3 is 2.43 bits per heavy atom. The van der Waals surface area contributed by atoms with Gasteiger partial charge < -0.3 is 9.64 Å². The third kappa shape index (κ3) is 1.54. The molecule has 82 valence electrons. The van der Waals surface area contributed by atoms with Crippen molar-refractivity contribution in [1.29, 1.82) is 0 Å². The van der Waals surface area contributed by atoms with Crippen LogP contribution in [0.2, 0.25) is 0 Å². The van der Waals surface area contributed by atoms with Crippen LogP contribution in [0.15, 0.2) is 0 Å². The van der Waals surface area contributed by atoms with Crippen molar-refractivity contribution in [3.63, 3.8) is 0 Å². The molecule has 0 aromatic heterocycles. The summed E-state index contributed by atoms with van der Waals surface area (Å²) in [5.41, 5.74) is -0.232. The average Bonchev–Trinajstić information content (AvgIpc) is 2.32. The maximum absolute atomic E-state index is 12.0. The van der Waals surface area contributed by atoms with E-state index in [0.29, 0.717) is 18.6 Å². The third-order valence-electron chi connectivity index (χ3n) is 3.97. The molecule has 1 fully saturated rings. The van der Waals surface area contributed by atoms with Gasteiger partial charge >= 0.3 is 0 Å². The summed E-state index contributed by atoms with van der Waals surface area (Å²) in [6.45, 7) is 6.98. The Labute approximate surface area is 86.4 Å². The molecule has 0 bridgehead atoms. The summed E-state index contributed by atoms with van der Waals surface area (Å²) in [4.78, 5) is 13.9. The predicted molar refractivity (Wildman–Crippen MR) is 56.0 cm³/mol. The molecule has 3 unspecified atom stereocenters. The van der Waals surface area contributed by atoms with E-state index in [4.69, 9.17) is 4.74 Å². The lowest BCUT2D eigenvalue weighted by molar-refractivity contribution is -0.136. The summed E-state index contributed by atoms with van der Waals surface area (Å²) >= 11 is 0. The minimum atomic E-state index is -0.232. The van der Waals surface area contributed by atoms with Crippen LogP contribution in [0.4, 0.5) is 0 Å². The molecule has 1 heterocycles. The monoisotopic (exact) mass is 199 g/mol. The Morgan fingerprint density at radius 1 is 1.50 bits per heavy atom. The van der Waals surface area contributed by atoms with Crippen molar-refractivity contribution in [3.8, 4) is 0 Å². The van der Waals surface area contributed by atoms with Gasteiger partial charge in [0.05, 0.1) is 5.41 Å². The van der Waals surface area contributed by atoms with Gasteiger partial charge in [0, 0.05) is 26.8 Å². The van der Waals surface area contributed by atoms with E-state index in [1.54, 1.807) is 7.11 Å². The van der Waals surface area contributed by atoms with Gasteiger partial charge in [0.1, 0.15) is 0 Å². The Hall–Kier alpha value is -0.570. The number of nitrogens with zero attached hydrogens (tertiary/aromatic N) is 1. The Bertz CT molecular complexity index is 229. The summed E-state index contributed by atoms with van der Waals surface area (Å²) in [6, 6.07) is 0.337. The van der Waals surface area contributed by atoms with Gasteiger partial charge in [0.15, 0.2) is 0 Å². The predicted octanol–water partition coefficient (Wildman–Crippen LogP) is 1.53. The van der Waals surface area contributed by atoms with Gasteiger partial charge in [-0.2, -0.15) is 0 Å². The summed E-state index contributed by atoms with van der Waals surface area (Å²) in [7, 11) is 3.57. The summed E-state index contributed by atoms with van der Waals surface area (Å²) in [5, 5.41) is 0. The van der Waals surface area contributed by atoms with Crippen LogP contribution in [0.25, 0.3) is 0 Å². The molecule has 3 nitrogen and oxygen atoms in total. The van der Waals surface area contributed by atoms with Crippen LogP contribution in [0.3, 0.4) is 0 Å². The Kier molecular flexibility index (Phi) is 3.20. The molecular weight excluding hydrogens is 178 g/mol. The van der Waals surface area contributed by atoms with Crippen molar-refractivity contribution >= 4 is 5.91 Å². The second kappa shape index (κ2) is 3.89. The molecule has 0 radical (unpaired) electrons. The molecule has 1 rings (SSSR count). The highest BCUT2D eigenvalue weighted by Crippen LogP contribution is 2.42. The van der Waals surface area contributed by atoms with Crippen LogP contribution in [0.1, 0.15) is 27.2 Å². The van der Waals surface area contributed by atoms with Gasteiger partial charge in [0.25, 0.3) is 0 Å². The van der Waals surface area contributed by atoms with Gasteiger partial charge in [-0.1, -0.05) is 13.8 Å². The normalized spacial score (nSPS) is 38.1. The summed E-state index contributed by atoms with van der Waals surface area (Å²) < 4.78 is 5.07. The molecule has 1 aliphatic heterocycles. The standard InChI is InChI=1S/C11H21NO2/c1-8-9(2)12(4)10(13)11(8,3)6-7-14-5/h8-9H,6-7H2,1-5H3.